The monoisotopic (exact) mass is 271 g/mol. The Labute approximate surface area is 107 Å². The Morgan fingerprint density at radius 2 is 2.17 bits per heavy atom. The first-order valence-electron chi connectivity index (χ1n) is 6.28. The molecule has 0 aliphatic carbocycles. The molecular weight excluding hydrogens is 251 g/mol. The third-order valence-electron chi connectivity index (χ3n) is 3.11. The van der Waals surface area contributed by atoms with Crippen molar-refractivity contribution in [3.8, 4) is 0 Å². The van der Waals surface area contributed by atoms with Crippen LogP contribution in [0.2, 0.25) is 0 Å². The first-order chi connectivity index (χ1) is 8.66. The molecule has 6 heteroatoms. The average Bonchev–Trinajstić information content (AvgIpc) is 2.38. The number of nitrogens with one attached hydrogen (secondary N) is 1. The molecule has 0 spiro atoms. The van der Waals surface area contributed by atoms with Crippen LogP contribution in [0, 0.1) is 0 Å². The number of pyridine rings is 1. The second-order valence-corrected chi connectivity index (χ2v) is 7.12. The van der Waals surface area contributed by atoms with E-state index in [1.165, 1.54) is 4.90 Å². The second kappa shape index (κ2) is 6.43. The highest BCUT2D eigenvalue weighted by atomic mass is 31.2. The van der Waals surface area contributed by atoms with E-state index in [9.17, 15) is 9.46 Å². The third-order valence-corrected chi connectivity index (χ3v) is 4.98. The lowest BCUT2D eigenvalue weighted by atomic mass is 10.3. The van der Waals surface area contributed by atoms with Gasteiger partial charge in [-0.3, -0.25) is 9.55 Å². The van der Waals surface area contributed by atoms with Gasteiger partial charge in [0.1, 0.15) is 13.1 Å². The lowest BCUT2D eigenvalue weighted by Crippen LogP contribution is -3.13. The summed E-state index contributed by atoms with van der Waals surface area (Å²) in [6, 6.07) is 5.64. The molecule has 2 heterocycles. The average molecular weight is 271 g/mol. The zero-order chi connectivity index (χ0) is 12.8. The van der Waals surface area contributed by atoms with Crippen LogP contribution in [0.4, 0.5) is 0 Å². The Hall–Kier alpha value is -0.740. The summed E-state index contributed by atoms with van der Waals surface area (Å²) in [5, 5.41) is 0. The normalized spacial score (nSPS) is 20.5. The minimum atomic E-state index is -3.06. The van der Waals surface area contributed by atoms with Gasteiger partial charge in [-0.05, 0) is 18.6 Å². The number of aryl methyl sites for hydroxylation is 1. The molecule has 1 saturated heterocycles. The molecule has 100 valence electrons. The van der Waals surface area contributed by atoms with E-state index >= 15 is 0 Å². The van der Waals surface area contributed by atoms with Crippen molar-refractivity contribution in [1.29, 1.82) is 0 Å². The van der Waals surface area contributed by atoms with Crippen LogP contribution in [0.3, 0.4) is 0 Å². The Balaban J connectivity index is 1.81. The van der Waals surface area contributed by atoms with Crippen LogP contribution in [0.5, 0.6) is 0 Å². The number of rotatable bonds is 5. The maximum absolute atomic E-state index is 12.1. The highest BCUT2D eigenvalue weighted by Gasteiger charge is 2.26. The number of hydrogen-bond donors (Lipinski definition) is 2. The predicted octanol–water partition coefficient (Wildman–Crippen LogP) is -0.233. The van der Waals surface area contributed by atoms with E-state index in [0.717, 1.165) is 18.8 Å². The van der Waals surface area contributed by atoms with Gasteiger partial charge in [0, 0.05) is 18.1 Å². The smallest absolute Gasteiger partial charge is 0.253 e. The van der Waals surface area contributed by atoms with E-state index < -0.39 is 7.37 Å². The second-order valence-electron chi connectivity index (χ2n) is 4.66. The lowest BCUT2D eigenvalue weighted by molar-refractivity contribution is -0.897. The van der Waals surface area contributed by atoms with E-state index in [2.05, 4.69) is 4.98 Å². The highest BCUT2D eigenvalue weighted by molar-refractivity contribution is 7.57. The van der Waals surface area contributed by atoms with E-state index in [-0.39, 0.29) is 0 Å². The van der Waals surface area contributed by atoms with Crippen LogP contribution in [0.15, 0.2) is 24.4 Å². The summed E-state index contributed by atoms with van der Waals surface area (Å²) in [6.07, 6.45) is 2.95. The standard InChI is InChI=1S/C12H19N2O3P/c15-18(16,11-14-6-8-17-9-7-14)10-4-12-3-1-2-5-13-12/h1-3,5H,4,6-11H2,(H,15,16)/p+1. The fourth-order valence-electron chi connectivity index (χ4n) is 2.08. The van der Waals surface area contributed by atoms with Crippen LogP contribution in [0.1, 0.15) is 5.69 Å². The van der Waals surface area contributed by atoms with Gasteiger partial charge in [-0.1, -0.05) is 6.07 Å². The Morgan fingerprint density at radius 3 is 2.83 bits per heavy atom. The van der Waals surface area contributed by atoms with Crippen molar-refractivity contribution in [1.82, 2.24) is 4.98 Å². The zero-order valence-electron chi connectivity index (χ0n) is 10.4. The van der Waals surface area contributed by atoms with Crippen molar-refractivity contribution in [2.45, 2.75) is 6.42 Å². The number of nitrogens with zero attached hydrogens (tertiary/aromatic N) is 1. The number of hydrogen-bond acceptors (Lipinski definition) is 3. The van der Waals surface area contributed by atoms with Crippen LogP contribution in [0.25, 0.3) is 0 Å². The number of ether oxygens (including phenoxy) is 1. The van der Waals surface area contributed by atoms with E-state index in [0.29, 0.717) is 32.1 Å². The third kappa shape index (κ3) is 4.50. The van der Waals surface area contributed by atoms with E-state index in [4.69, 9.17) is 4.74 Å². The number of morpholine rings is 1. The van der Waals surface area contributed by atoms with Crippen molar-refractivity contribution in [2.24, 2.45) is 0 Å². The van der Waals surface area contributed by atoms with Gasteiger partial charge in [0.05, 0.1) is 13.2 Å². The maximum Gasteiger partial charge on any atom is 0.253 e. The summed E-state index contributed by atoms with van der Waals surface area (Å²) in [5.41, 5.74) is 0.878. The van der Waals surface area contributed by atoms with Crippen molar-refractivity contribution in [3.05, 3.63) is 30.1 Å². The van der Waals surface area contributed by atoms with E-state index in [1.54, 1.807) is 6.20 Å². The fourth-order valence-corrected chi connectivity index (χ4v) is 3.83. The summed E-state index contributed by atoms with van der Waals surface area (Å²) in [4.78, 5) is 15.3. The summed E-state index contributed by atoms with van der Waals surface area (Å²) >= 11 is 0. The molecule has 1 aromatic heterocycles. The van der Waals surface area contributed by atoms with Gasteiger partial charge < -0.3 is 14.5 Å². The van der Waals surface area contributed by atoms with Crippen molar-refractivity contribution >= 4 is 7.37 Å². The Kier molecular flexibility index (Phi) is 4.89. The SMILES string of the molecule is O=P(O)(CCc1ccccn1)C[NH+]1CCOCC1. The molecule has 0 aromatic carbocycles. The summed E-state index contributed by atoms with van der Waals surface area (Å²) in [5.74, 6) is 0. The fraction of sp³-hybridized carbons (Fsp3) is 0.583. The molecule has 1 fully saturated rings. The Bertz CT molecular complexity index is 407. The molecule has 2 N–H and O–H groups in total. The minimum absolute atomic E-state index is 0.314. The topological polar surface area (TPSA) is 63.9 Å². The lowest BCUT2D eigenvalue weighted by Gasteiger charge is -2.25. The van der Waals surface area contributed by atoms with Crippen molar-refractivity contribution in [3.63, 3.8) is 0 Å². The van der Waals surface area contributed by atoms with Crippen LogP contribution < -0.4 is 4.90 Å². The summed E-state index contributed by atoms with van der Waals surface area (Å²) in [6.45, 7) is 3.04. The van der Waals surface area contributed by atoms with Crippen LogP contribution in [-0.4, -0.2) is 48.6 Å². The van der Waals surface area contributed by atoms with Gasteiger partial charge in [-0.2, -0.15) is 0 Å². The molecule has 1 aliphatic rings. The Morgan fingerprint density at radius 1 is 1.39 bits per heavy atom. The first-order valence-corrected chi connectivity index (χ1v) is 8.31. The van der Waals surface area contributed by atoms with Gasteiger partial charge in [0.2, 0.25) is 0 Å². The van der Waals surface area contributed by atoms with Gasteiger partial charge in [0.15, 0.2) is 6.29 Å². The van der Waals surface area contributed by atoms with Gasteiger partial charge in [0.25, 0.3) is 7.37 Å². The maximum atomic E-state index is 12.1. The molecule has 0 radical (unpaired) electrons. The van der Waals surface area contributed by atoms with Crippen molar-refractivity contribution < 1.29 is 19.1 Å². The molecule has 1 aromatic rings. The summed E-state index contributed by atoms with van der Waals surface area (Å²) < 4.78 is 17.4. The molecule has 5 nitrogen and oxygen atoms in total. The largest absolute Gasteiger partial charge is 0.370 e. The molecule has 0 saturated carbocycles. The molecule has 1 aliphatic heterocycles. The van der Waals surface area contributed by atoms with Crippen molar-refractivity contribution in [2.75, 3.05) is 38.8 Å². The van der Waals surface area contributed by atoms with Crippen LogP contribution >= 0.6 is 7.37 Å². The summed E-state index contributed by atoms with van der Waals surface area (Å²) in [7, 11) is -3.06. The quantitative estimate of drug-likeness (QED) is 0.726. The minimum Gasteiger partial charge on any atom is -0.370 e. The van der Waals surface area contributed by atoms with Crippen LogP contribution in [-0.2, 0) is 15.7 Å². The number of aromatic nitrogens is 1. The zero-order valence-corrected chi connectivity index (χ0v) is 11.3. The molecule has 2 rings (SSSR count). The molecule has 1 unspecified atom stereocenters. The first kappa shape index (κ1) is 13.7. The molecule has 0 amide bonds. The van der Waals surface area contributed by atoms with Gasteiger partial charge >= 0.3 is 0 Å². The molecule has 1 atom stereocenters. The number of quaternary nitrogens is 1. The van der Waals surface area contributed by atoms with Gasteiger partial charge in [-0.15, -0.1) is 0 Å². The molecule has 18 heavy (non-hydrogen) atoms. The molecule has 0 bridgehead atoms. The predicted molar refractivity (Wildman–Crippen MR) is 69.0 cm³/mol. The highest BCUT2D eigenvalue weighted by Crippen LogP contribution is 2.38. The van der Waals surface area contributed by atoms with Gasteiger partial charge in [-0.25, -0.2) is 0 Å². The molecular formula is C12H20N2O3P+. The van der Waals surface area contributed by atoms with E-state index in [1.807, 2.05) is 18.2 Å².